The third-order valence-corrected chi connectivity index (χ3v) is 7.22. The summed E-state index contributed by atoms with van der Waals surface area (Å²) in [6.45, 7) is 1.76. The van der Waals surface area contributed by atoms with E-state index in [1.807, 2.05) is 0 Å². The van der Waals surface area contributed by atoms with Crippen LogP contribution in [0.2, 0.25) is 0 Å². The van der Waals surface area contributed by atoms with Crippen LogP contribution in [0.1, 0.15) is 6.92 Å². The third-order valence-electron chi connectivity index (χ3n) is 1.93. The summed E-state index contributed by atoms with van der Waals surface area (Å²) in [7, 11) is -6.11. The molecule has 0 aromatic carbocycles. The molecule has 0 fully saturated rings. The summed E-state index contributed by atoms with van der Waals surface area (Å²) in [6.07, 6.45) is 0. The second-order valence-corrected chi connectivity index (χ2v) is 8.55. The van der Waals surface area contributed by atoms with Gasteiger partial charge in [-0.15, -0.1) is 11.8 Å². The Balaban J connectivity index is 4.68. The minimum atomic E-state index is -4.86. The molecule has 2 unspecified atom stereocenters. The second kappa shape index (κ2) is 5.81. The summed E-state index contributed by atoms with van der Waals surface area (Å²) < 4.78 is 41.2. The number of rotatable bonds is 6. The molecule has 98 valence electrons. The predicted octanol–water partition coefficient (Wildman–Crippen LogP) is 0.0188. The summed E-state index contributed by atoms with van der Waals surface area (Å²) in [6, 6.07) is 0. The summed E-state index contributed by atoms with van der Waals surface area (Å²) >= 11 is 1.04. The molecular formula is C6H16NO6PS2. The van der Waals surface area contributed by atoms with Crippen LogP contribution in [-0.4, -0.2) is 57.9 Å². The van der Waals surface area contributed by atoms with Gasteiger partial charge in [0.25, 0.3) is 10.1 Å². The van der Waals surface area contributed by atoms with Gasteiger partial charge >= 0.3 is 7.60 Å². The quantitative estimate of drug-likeness (QED) is 0.356. The van der Waals surface area contributed by atoms with Gasteiger partial charge < -0.3 is 9.79 Å². The molecule has 0 heterocycles. The van der Waals surface area contributed by atoms with Gasteiger partial charge in [-0.1, -0.05) is 0 Å². The SMILES string of the molecule is CC(SCC(P(=O)(O)O)S(=O)(=O)O)N(C)C. The first-order valence-electron chi connectivity index (χ1n) is 4.25. The van der Waals surface area contributed by atoms with E-state index in [9.17, 15) is 13.0 Å². The van der Waals surface area contributed by atoms with E-state index in [4.69, 9.17) is 14.3 Å². The molecule has 0 aliphatic rings. The molecule has 0 bridgehead atoms. The van der Waals surface area contributed by atoms with Gasteiger partial charge in [0, 0.05) is 5.75 Å². The Morgan fingerprint density at radius 3 is 2.06 bits per heavy atom. The molecule has 0 amide bonds. The topological polar surface area (TPSA) is 115 Å². The fourth-order valence-corrected chi connectivity index (χ4v) is 4.82. The smallest absolute Gasteiger partial charge is 0.323 e. The van der Waals surface area contributed by atoms with Gasteiger partial charge in [0.1, 0.15) is 0 Å². The molecule has 10 heteroatoms. The van der Waals surface area contributed by atoms with E-state index >= 15 is 0 Å². The van der Waals surface area contributed by atoms with Crippen molar-refractivity contribution < 1.29 is 27.3 Å². The van der Waals surface area contributed by atoms with E-state index in [0.29, 0.717) is 0 Å². The maximum atomic E-state index is 10.9. The zero-order valence-corrected chi connectivity index (χ0v) is 11.7. The Labute approximate surface area is 99.1 Å². The molecule has 16 heavy (non-hydrogen) atoms. The monoisotopic (exact) mass is 293 g/mol. The summed E-state index contributed by atoms with van der Waals surface area (Å²) in [5.74, 6) is -0.359. The number of nitrogens with zero attached hydrogens (tertiary/aromatic N) is 1. The Morgan fingerprint density at radius 1 is 1.38 bits per heavy atom. The highest BCUT2D eigenvalue weighted by molar-refractivity contribution is 8.02. The Kier molecular flexibility index (Phi) is 5.95. The van der Waals surface area contributed by atoms with Gasteiger partial charge in [-0.05, 0) is 21.0 Å². The number of hydrogen-bond acceptors (Lipinski definition) is 5. The van der Waals surface area contributed by atoms with Gasteiger partial charge in [-0.25, -0.2) is 0 Å². The van der Waals surface area contributed by atoms with E-state index in [2.05, 4.69) is 0 Å². The lowest BCUT2D eigenvalue weighted by atomic mass is 10.7. The molecule has 0 radical (unpaired) electrons. The summed E-state index contributed by atoms with van der Waals surface area (Å²) in [4.78, 5) is 17.3. The van der Waals surface area contributed by atoms with E-state index in [1.54, 1.807) is 25.9 Å². The molecule has 0 aliphatic heterocycles. The highest BCUT2D eigenvalue weighted by atomic mass is 32.2. The van der Waals surface area contributed by atoms with Gasteiger partial charge in [0.2, 0.25) is 0 Å². The van der Waals surface area contributed by atoms with Crippen molar-refractivity contribution >= 4 is 29.5 Å². The lowest BCUT2D eigenvalue weighted by molar-refractivity contribution is 0.366. The minimum Gasteiger partial charge on any atom is -0.323 e. The van der Waals surface area contributed by atoms with Crippen LogP contribution >= 0.6 is 19.4 Å². The van der Waals surface area contributed by atoms with Crippen molar-refractivity contribution in [3.8, 4) is 0 Å². The maximum Gasteiger partial charge on any atom is 0.346 e. The second-order valence-electron chi connectivity index (χ2n) is 3.45. The lowest BCUT2D eigenvalue weighted by Gasteiger charge is -2.21. The number of thioether (sulfide) groups is 1. The third kappa shape index (κ3) is 5.62. The molecule has 0 saturated carbocycles. The van der Waals surface area contributed by atoms with Crippen LogP contribution in [0.15, 0.2) is 0 Å². The fourth-order valence-electron chi connectivity index (χ4n) is 0.727. The molecule has 0 aromatic heterocycles. The van der Waals surface area contributed by atoms with Crippen LogP contribution in [0.4, 0.5) is 0 Å². The van der Waals surface area contributed by atoms with Crippen LogP contribution in [0.25, 0.3) is 0 Å². The standard InChI is InChI=1S/C6H16NO6PS2/c1-5(7(2)3)15-4-6(14(8,9)10)16(11,12)13/h5-6H,4H2,1-3H3,(H2,8,9,10)(H,11,12,13). The Hall–Kier alpha value is 0.370. The fraction of sp³-hybridized carbons (Fsp3) is 1.00. The highest BCUT2D eigenvalue weighted by Gasteiger charge is 2.39. The highest BCUT2D eigenvalue weighted by Crippen LogP contribution is 2.45. The van der Waals surface area contributed by atoms with Crippen LogP contribution in [-0.2, 0) is 14.7 Å². The molecule has 0 saturated heterocycles. The minimum absolute atomic E-state index is 0.115. The molecule has 0 aliphatic carbocycles. The van der Waals surface area contributed by atoms with Gasteiger partial charge in [-0.2, -0.15) is 8.42 Å². The van der Waals surface area contributed by atoms with E-state index in [1.165, 1.54) is 0 Å². The number of hydrogen-bond donors (Lipinski definition) is 3. The van der Waals surface area contributed by atoms with Crippen LogP contribution in [0, 0.1) is 0 Å². The Morgan fingerprint density at radius 2 is 1.81 bits per heavy atom. The largest absolute Gasteiger partial charge is 0.346 e. The average Bonchev–Trinajstić information content (AvgIpc) is 1.98. The predicted molar refractivity (Wildman–Crippen MR) is 63.0 cm³/mol. The zero-order valence-electron chi connectivity index (χ0n) is 9.14. The van der Waals surface area contributed by atoms with Crippen molar-refractivity contribution in [1.82, 2.24) is 4.90 Å². The van der Waals surface area contributed by atoms with Crippen molar-refractivity contribution in [2.24, 2.45) is 0 Å². The first kappa shape index (κ1) is 16.4. The van der Waals surface area contributed by atoms with Crippen molar-refractivity contribution in [3.05, 3.63) is 0 Å². The van der Waals surface area contributed by atoms with Gasteiger partial charge in [0.05, 0.1) is 5.37 Å². The molecule has 3 N–H and O–H groups in total. The maximum absolute atomic E-state index is 10.9. The molecule has 0 rings (SSSR count). The van der Waals surface area contributed by atoms with E-state index in [0.717, 1.165) is 11.8 Å². The van der Waals surface area contributed by atoms with Crippen LogP contribution in [0.3, 0.4) is 0 Å². The normalized spacial score (nSPS) is 17.4. The first-order valence-corrected chi connectivity index (χ1v) is 8.49. The van der Waals surface area contributed by atoms with Crippen molar-refractivity contribution in [3.63, 3.8) is 0 Å². The Bertz CT molecular complexity index is 363. The summed E-state index contributed by atoms with van der Waals surface area (Å²) in [5, 5.41) is -0.115. The summed E-state index contributed by atoms with van der Waals surface area (Å²) in [5.41, 5.74) is 0. The van der Waals surface area contributed by atoms with Crippen molar-refractivity contribution in [2.75, 3.05) is 19.8 Å². The van der Waals surface area contributed by atoms with Crippen molar-refractivity contribution in [1.29, 1.82) is 0 Å². The lowest BCUT2D eigenvalue weighted by Crippen LogP contribution is -2.27. The zero-order chi connectivity index (χ0) is 13.1. The van der Waals surface area contributed by atoms with Gasteiger partial charge in [0.15, 0.2) is 4.99 Å². The molecule has 2 atom stereocenters. The molecular weight excluding hydrogens is 277 g/mol. The average molecular weight is 293 g/mol. The van der Waals surface area contributed by atoms with E-state index in [-0.39, 0.29) is 11.1 Å². The molecule has 0 spiro atoms. The van der Waals surface area contributed by atoms with Gasteiger partial charge in [-0.3, -0.25) is 14.0 Å². The molecule has 7 nitrogen and oxygen atoms in total. The van der Waals surface area contributed by atoms with Crippen LogP contribution < -0.4 is 0 Å². The molecule has 0 aromatic rings. The van der Waals surface area contributed by atoms with Crippen LogP contribution in [0.5, 0.6) is 0 Å². The van der Waals surface area contributed by atoms with Crippen molar-refractivity contribution in [2.45, 2.75) is 17.3 Å². The van der Waals surface area contributed by atoms with E-state index < -0.39 is 22.7 Å². The first-order chi connectivity index (χ1) is 6.96.